The van der Waals surface area contributed by atoms with Gasteiger partial charge in [-0.15, -0.1) is 0 Å². The van der Waals surface area contributed by atoms with Crippen LogP contribution >= 0.6 is 0 Å². The Hall–Kier alpha value is -2.33. The van der Waals surface area contributed by atoms with E-state index in [-0.39, 0.29) is 18.6 Å². The number of benzene rings is 2. The standard InChI is InChI=1S/C21H25NO3/c1-2-22(15-20-9-6-14-24-20)21(23)16-25-19-12-10-18(11-13-19)17-7-4-3-5-8-17/h3-5,7-8,10-13,20H,2,6,9,14-16H2,1H3. The summed E-state index contributed by atoms with van der Waals surface area (Å²) in [6.07, 6.45) is 2.29. The molecule has 0 radical (unpaired) electrons. The van der Waals surface area contributed by atoms with Crippen molar-refractivity contribution in [2.75, 3.05) is 26.3 Å². The summed E-state index contributed by atoms with van der Waals surface area (Å²) in [6.45, 7) is 4.19. The average molecular weight is 339 g/mol. The number of ether oxygens (including phenoxy) is 2. The third-order valence-electron chi connectivity index (χ3n) is 4.51. The normalized spacial score (nSPS) is 16.6. The third-order valence-corrected chi connectivity index (χ3v) is 4.51. The number of carbonyl (C=O) groups excluding carboxylic acids is 1. The van der Waals surface area contributed by atoms with Gasteiger partial charge in [0.2, 0.25) is 0 Å². The topological polar surface area (TPSA) is 38.8 Å². The fourth-order valence-corrected chi connectivity index (χ4v) is 3.05. The maximum atomic E-state index is 12.4. The molecule has 0 N–H and O–H groups in total. The minimum atomic E-state index is 0.00476. The number of hydrogen-bond acceptors (Lipinski definition) is 3. The molecule has 1 heterocycles. The Morgan fingerprint density at radius 3 is 2.48 bits per heavy atom. The monoisotopic (exact) mass is 339 g/mol. The third kappa shape index (κ3) is 4.83. The number of amides is 1. The molecule has 3 rings (SSSR count). The SMILES string of the molecule is CCN(CC1CCCO1)C(=O)COc1ccc(-c2ccccc2)cc1. The first-order valence-corrected chi connectivity index (χ1v) is 8.94. The Labute approximate surface area is 149 Å². The first-order valence-electron chi connectivity index (χ1n) is 8.94. The zero-order valence-corrected chi connectivity index (χ0v) is 14.7. The molecule has 0 saturated carbocycles. The van der Waals surface area contributed by atoms with Crippen molar-refractivity contribution in [3.63, 3.8) is 0 Å². The largest absolute Gasteiger partial charge is 0.484 e. The van der Waals surface area contributed by atoms with Crippen molar-refractivity contribution in [1.82, 2.24) is 4.90 Å². The van der Waals surface area contributed by atoms with Gasteiger partial charge in [-0.25, -0.2) is 0 Å². The lowest BCUT2D eigenvalue weighted by molar-refractivity contribution is -0.134. The molecule has 0 aromatic heterocycles. The molecule has 2 aromatic carbocycles. The Morgan fingerprint density at radius 1 is 1.12 bits per heavy atom. The molecule has 0 aliphatic carbocycles. The van der Waals surface area contributed by atoms with Crippen molar-refractivity contribution < 1.29 is 14.3 Å². The quantitative estimate of drug-likeness (QED) is 0.771. The maximum Gasteiger partial charge on any atom is 0.260 e. The van der Waals surface area contributed by atoms with Crippen LogP contribution in [0.25, 0.3) is 11.1 Å². The fourth-order valence-electron chi connectivity index (χ4n) is 3.05. The zero-order valence-electron chi connectivity index (χ0n) is 14.7. The van der Waals surface area contributed by atoms with E-state index in [4.69, 9.17) is 9.47 Å². The summed E-state index contributed by atoms with van der Waals surface area (Å²) in [7, 11) is 0. The molecule has 1 atom stereocenters. The van der Waals surface area contributed by atoms with Crippen molar-refractivity contribution >= 4 is 5.91 Å². The molecule has 1 fully saturated rings. The molecule has 0 bridgehead atoms. The van der Waals surface area contributed by atoms with Gasteiger partial charge >= 0.3 is 0 Å². The zero-order chi connectivity index (χ0) is 17.5. The molecule has 0 spiro atoms. The summed E-state index contributed by atoms with van der Waals surface area (Å²) < 4.78 is 11.3. The second-order valence-electron chi connectivity index (χ2n) is 6.25. The molecule has 132 valence electrons. The van der Waals surface area contributed by atoms with Crippen LogP contribution in [0, 0.1) is 0 Å². The van der Waals surface area contributed by atoms with Gasteiger partial charge in [-0.1, -0.05) is 42.5 Å². The molecular formula is C21H25NO3. The second-order valence-corrected chi connectivity index (χ2v) is 6.25. The lowest BCUT2D eigenvalue weighted by Crippen LogP contribution is -2.39. The number of rotatable bonds is 7. The average Bonchev–Trinajstić information content (AvgIpc) is 3.18. The Kier molecular flexibility index (Phi) is 6.07. The first kappa shape index (κ1) is 17.5. The minimum Gasteiger partial charge on any atom is -0.484 e. The van der Waals surface area contributed by atoms with Crippen LogP contribution in [0.2, 0.25) is 0 Å². The molecule has 2 aromatic rings. The van der Waals surface area contributed by atoms with Crippen LogP contribution < -0.4 is 4.74 Å². The molecule has 1 amide bonds. The van der Waals surface area contributed by atoms with Crippen LogP contribution in [-0.4, -0.2) is 43.2 Å². The van der Waals surface area contributed by atoms with E-state index < -0.39 is 0 Å². The second kappa shape index (κ2) is 8.67. The van der Waals surface area contributed by atoms with Crippen molar-refractivity contribution in [2.45, 2.75) is 25.9 Å². The van der Waals surface area contributed by atoms with E-state index in [1.54, 1.807) is 0 Å². The van der Waals surface area contributed by atoms with Gasteiger partial charge < -0.3 is 14.4 Å². The Morgan fingerprint density at radius 2 is 1.84 bits per heavy atom. The van der Waals surface area contributed by atoms with Gasteiger partial charge in [0.05, 0.1) is 6.10 Å². The predicted molar refractivity (Wildman–Crippen MR) is 98.6 cm³/mol. The van der Waals surface area contributed by atoms with Gasteiger partial charge in [-0.05, 0) is 43.0 Å². The molecule has 1 aliphatic rings. The first-order chi connectivity index (χ1) is 12.3. The van der Waals surface area contributed by atoms with Crippen molar-refractivity contribution in [3.05, 3.63) is 54.6 Å². The smallest absolute Gasteiger partial charge is 0.260 e. The van der Waals surface area contributed by atoms with Gasteiger partial charge in [-0.2, -0.15) is 0 Å². The summed E-state index contributed by atoms with van der Waals surface area (Å²) >= 11 is 0. The van der Waals surface area contributed by atoms with E-state index >= 15 is 0 Å². The fraction of sp³-hybridized carbons (Fsp3) is 0.381. The van der Waals surface area contributed by atoms with Crippen LogP contribution in [0.4, 0.5) is 0 Å². The molecular weight excluding hydrogens is 314 g/mol. The molecule has 4 nitrogen and oxygen atoms in total. The lowest BCUT2D eigenvalue weighted by atomic mass is 10.1. The van der Waals surface area contributed by atoms with Crippen LogP contribution in [-0.2, 0) is 9.53 Å². The van der Waals surface area contributed by atoms with E-state index in [1.165, 1.54) is 5.56 Å². The Balaban J connectivity index is 1.52. The van der Waals surface area contributed by atoms with Gasteiger partial charge in [-0.3, -0.25) is 4.79 Å². The number of carbonyl (C=O) groups is 1. The number of hydrogen-bond donors (Lipinski definition) is 0. The van der Waals surface area contributed by atoms with Crippen molar-refractivity contribution in [2.24, 2.45) is 0 Å². The summed E-state index contributed by atoms with van der Waals surface area (Å²) in [5.74, 6) is 0.714. The van der Waals surface area contributed by atoms with E-state index in [0.717, 1.165) is 25.0 Å². The predicted octanol–water partition coefficient (Wildman–Crippen LogP) is 3.76. The summed E-state index contributed by atoms with van der Waals surface area (Å²) in [5.41, 5.74) is 2.30. The lowest BCUT2D eigenvalue weighted by Gasteiger charge is -2.24. The highest BCUT2D eigenvalue weighted by atomic mass is 16.5. The summed E-state index contributed by atoms with van der Waals surface area (Å²) in [4.78, 5) is 14.2. The minimum absolute atomic E-state index is 0.00476. The highest BCUT2D eigenvalue weighted by molar-refractivity contribution is 5.77. The summed E-state index contributed by atoms with van der Waals surface area (Å²) in [5, 5.41) is 0. The van der Waals surface area contributed by atoms with Gasteiger partial charge in [0.25, 0.3) is 5.91 Å². The van der Waals surface area contributed by atoms with Crippen LogP contribution in [0.5, 0.6) is 5.75 Å². The van der Waals surface area contributed by atoms with Crippen molar-refractivity contribution in [1.29, 1.82) is 0 Å². The van der Waals surface area contributed by atoms with Crippen LogP contribution in [0.3, 0.4) is 0 Å². The van der Waals surface area contributed by atoms with E-state index in [1.807, 2.05) is 54.3 Å². The number of nitrogens with zero attached hydrogens (tertiary/aromatic N) is 1. The van der Waals surface area contributed by atoms with E-state index in [0.29, 0.717) is 18.8 Å². The maximum absolute atomic E-state index is 12.4. The number of likely N-dealkylation sites (N-methyl/N-ethyl adjacent to an activating group) is 1. The van der Waals surface area contributed by atoms with Gasteiger partial charge in [0, 0.05) is 19.7 Å². The van der Waals surface area contributed by atoms with Crippen LogP contribution in [0.1, 0.15) is 19.8 Å². The van der Waals surface area contributed by atoms with E-state index in [2.05, 4.69) is 12.1 Å². The van der Waals surface area contributed by atoms with Crippen LogP contribution in [0.15, 0.2) is 54.6 Å². The van der Waals surface area contributed by atoms with E-state index in [9.17, 15) is 4.79 Å². The molecule has 1 unspecified atom stereocenters. The highest BCUT2D eigenvalue weighted by Gasteiger charge is 2.21. The molecule has 25 heavy (non-hydrogen) atoms. The summed E-state index contributed by atoms with van der Waals surface area (Å²) in [6, 6.07) is 18.0. The van der Waals surface area contributed by atoms with Gasteiger partial charge in [0.15, 0.2) is 6.61 Å². The highest BCUT2D eigenvalue weighted by Crippen LogP contribution is 2.22. The molecule has 1 saturated heterocycles. The Bertz CT molecular complexity index is 663. The van der Waals surface area contributed by atoms with Gasteiger partial charge in [0.1, 0.15) is 5.75 Å². The molecule has 4 heteroatoms. The molecule has 1 aliphatic heterocycles. The van der Waals surface area contributed by atoms with Crippen molar-refractivity contribution in [3.8, 4) is 16.9 Å².